The van der Waals surface area contributed by atoms with E-state index in [1.807, 2.05) is 24.3 Å². The van der Waals surface area contributed by atoms with Crippen LogP contribution >= 0.6 is 0 Å². The van der Waals surface area contributed by atoms with E-state index in [1.54, 1.807) is 0 Å². The van der Waals surface area contributed by atoms with Gasteiger partial charge < -0.3 is 5.32 Å². The van der Waals surface area contributed by atoms with E-state index in [-0.39, 0.29) is 6.42 Å². The van der Waals surface area contributed by atoms with Gasteiger partial charge in [0.05, 0.1) is 6.04 Å². The van der Waals surface area contributed by atoms with Crippen molar-refractivity contribution >= 4 is 5.78 Å². The minimum Gasteiger partial charge on any atom is -0.303 e. The maximum Gasteiger partial charge on any atom is 0.451 e. The second kappa shape index (κ2) is 4.49. The fourth-order valence-electron chi connectivity index (χ4n) is 2.03. The Labute approximate surface area is 96.8 Å². The zero-order valence-electron chi connectivity index (χ0n) is 9.05. The Bertz CT molecular complexity index is 401. The third kappa shape index (κ3) is 2.66. The van der Waals surface area contributed by atoms with Gasteiger partial charge in [0.15, 0.2) is 0 Å². The molecule has 1 unspecified atom stereocenters. The summed E-state index contributed by atoms with van der Waals surface area (Å²) in [6, 6.07) is 6.32. The predicted molar refractivity (Wildman–Crippen MR) is 56.5 cm³/mol. The average molecular weight is 243 g/mol. The molecule has 17 heavy (non-hydrogen) atoms. The van der Waals surface area contributed by atoms with E-state index >= 15 is 0 Å². The number of nitrogens with one attached hydrogen (secondary N) is 1. The van der Waals surface area contributed by atoms with Crippen LogP contribution in [-0.2, 0) is 17.8 Å². The lowest BCUT2D eigenvalue weighted by Gasteiger charge is -2.15. The average Bonchev–Trinajstić information content (AvgIpc) is 2.49. The van der Waals surface area contributed by atoms with Crippen molar-refractivity contribution in [2.45, 2.75) is 31.6 Å². The Hall–Kier alpha value is -1.36. The van der Waals surface area contributed by atoms with Gasteiger partial charge in [0.1, 0.15) is 0 Å². The van der Waals surface area contributed by atoms with Crippen LogP contribution in [-0.4, -0.2) is 18.0 Å². The first-order valence-corrected chi connectivity index (χ1v) is 5.39. The van der Waals surface area contributed by atoms with Gasteiger partial charge >= 0.3 is 6.18 Å². The molecule has 1 aliphatic rings. The number of fused-ring (bicyclic) bond motifs is 1. The number of alkyl halides is 3. The Balaban J connectivity index is 2.12. The summed E-state index contributed by atoms with van der Waals surface area (Å²) in [4.78, 5) is 11.1. The number of rotatable bonds is 1. The Morgan fingerprint density at radius 1 is 1.24 bits per heavy atom. The highest BCUT2D eigenvalue weighted by molar-refractivity contribution is 5.89. The van der Waals surface area contributed by atoms with Crippen LogP contribution in [0.25, 0.3) is 0 Å². The zero-order chi connectivity index (χ0) is 12.5. The van der Waals surface area contributed by atoms with Crippen molar-refractivity contribution in [2.24, 2.45) is 0 Å². The van der Waals surface area contributed by atoms with Gasteiger partial charge in [0.25, 0.3) is 5.78 Å². The molecule has 0 radical (unpaired) electrons. The molecule has 0 spiro atoms. The number of halogens is 3. The van der Waals surface area contributed by atoms with Gasteiger partial charge in [-0.1, -0.05) is 24.3 Å². The van der Waals surface area contributed by atoms with Gasteiger partial charge in [-0.25, -0.2) is 0 Å². The Morgan fingerprint density at radius 3 is 2.53 bits per heavy atom. The predicted octanol–water partition coefficient (Wildman–Crippen LogP) is 2.22. The van der Waals surface area contributed by atoms with Gasteiger partial charge in [-0.2, -0.15) is 13.2 Å². The van der Waals surface area contributed by atoms with Gasteiger partial charge in [0, 0.05) is 6.54 Å². The zero-order valence-corrected chi connectivity index (χ0v) is 9.05. The minimum absolute atomic E-state index is 0.190. The van der Waals surface area contributed by atoms with E-state index in [1.165, 1.54) is 0 Å². The molecule has 92 valence electrons. The van der Waals surface area contributed by atoms with Crippen molar-refractivity contribution in [3.05, 3.63) is 35.4 Å². The molecular weight excluding hydrogens is 231 g/mol. The number of hydrogen-bond donors (Lipinski definition) is 1. The molecule has 1 N–H and O–H groups in total. The first-order valence-electron chi connectivity index (χ1n) is 5.39. The van der Waals surface area contributed by atoms with Crippen LogP contribution in [0.2, 0.25) is 0 Å². The van der Waals surface area contributed by atoms with Crippen molar-refractivity contribution in [3.8, 4) is 0 Å². The molecular formula is C12H12F3NO. The van der Waals surface area contributed by atoms with E-state index in [9.17, 15) is 18.0 Å². The summed E-state index contributed by atoms with van der Waals surface area (Å²) < 4.78 is 36.9. The summed E-state index contributed by atoms with van der Waals surface area (Å²) in [6.07, 6.45) is -4.07. The summed E-state index contributed by atoms with van der Waals surface area (Å²) in [7, 11) is 0. The number of Topliss-reactive ketones (excluding diaryl/α,β-unsaturated/α-hetero) is 1. The van der Waals surface area contributed by atoms with Crippen LogP contribution in [0, 0.1) is 0 Å². The van der Waals surface area contributed by atoms with E-state index in [4.69, 9.17) is 0 Å². The van der Waals surface area contributed by atoms with E-state index in [2.05, 4.69) is 5.32 Å². The summed E-state index contributed by atoms with van der Waals surface area (Å²) >= 11 is 0. The highest BCUT2D eigenvalue weighted by atomic mass is 19.4. The second-order valence-electron chi connectivity index (χ2n) is 4.10. The molecule has 0 aliphatic carbocycles. The normalized spacial score (nSPS) is 20.5. The number of benzene rings is 1. The van der Waals surface area contributed by atoms with Gasteiger partial charge in [0.2, 0.25) is 0 Å². The SMILES string of the molecule is O=C(C1CCc2ccccc2CN1)C(F)(F)F. The molecule has 0 aromatic heterocycles. The van der Waals surface area contributed by atoms with E-state index < -0.39 is 18.0 Å². The molecule has 2 nitrogen and oxygen atoms in total. The van der Waals surface area contributed by atoms with Crippen molar-refractivity contribution in [2.75, 3.05) is 0 Å². The van der Waals surface area contributed by atoms with Crippen LogP contribution in [0.15, 0.2) is 24.3 Å². The molecule has 0 saturated heterocycles. The number of carbonyl (C=O) groups excluding carboxylic acids is 1. The van der Waals surface area contributed by atoms with Crippen molar-refractivity contribution in [1.82, 2.24) is 5.32 Å². The lowest BCUT2D eigenvalue weighted by atomic mass is 10.0. The van der Waals surface area contributed by atoms with Crippen molar-refractivity contribution < 1.29 is 18.0 Å². The van der Waals surface area contributed by atoms with Crippen LogP contribution in [0.5, 0.6) is 0 Å². The highest BCUT2D eigenvalue weighted by Crippen LogP contribution is 2.23. The highest BCUT2D eigenvalue weighted by Gasteiger charge is 2.43. The molecule has 0 amide bonds. The smallest absolute Gasteiger partial charge is 0.303 e. The van der Waals surface area contributed by atoms with Crippen LogP contribution in [0.1, 0.15) is 17.5 Å². The number of hydrogen-bond acceptors (Lipinski definition) is 2. The standard InChI is InChI=1S/C12H12F3NO/c13-12(14,15)11(17)10-6-5-8-3-1-2-4-9(8)7-16-10/h1-4,10,16H,5-7H2. The number of carbonyl (C=O) groups is 1. The molecule has 1 aromatic rings. The van der Waals surface area contributed by atoms with Gasteiger partial charge in [-0.05, 0) is 24.0 Å². The van der Waals surface area contributed by atoms with Crippen LogP contribution < -0.4 is 5.32 Å². The number of aryl methyl sites for hydroxylation is 1. The fraction of sp³-hybridized carbons (Fsp3) is 0.417. The first kappa shape index (κ1) is 12.1. The minimum atomic E-state index is -4.76. The third-order valence-electron chi connectivity index (χ3n) is 2.96. The topological polar surface area (TPSA) is 29.1 Å². The lowest BCUT2D eigenvalue weighted by Crippen LogP contribution is -2.43. The van der Waals surface area contributed by atoms with Crippen LogP contribution in [0.3, 0.4) is 0 Å². The molecule has 0 fully saturated rings. The van der Waals surface area contributed by atoms with E-state index in [0.717, 1.165) is 11.1 Å². The fourth-order valence-corrected chi connectivity index (χ4v) is 2.03. The van der Waals surface area contributed by atoms with Gasteiger partial charge in [-0.15, -0.1) is 0 Å². The monoisotopic (exact) mass is 243 g/mol. The quantitative estimate of drug-likeness (QED) is 0.819. The molecule has 1 heterocycles. The summed E-state index contributed by atoms with van der Waals surface area (Å²) in [6.45, 7) is 0.308. The van der Waals surface area contributed by atoms with Crippen molar-refractivity contribution in [1.29, 1.82) is 0 Å². The molecule has 0 saturated carbocycles. The number of ketones is 1. The van der Waals surface area contributed by atoms with Crippen LogP contribution in [0.4, 0.5) is 13.2 Å². The molecule has 5 heteroatoms. The maximum atomic E-state index is 12.3. The molecule has 1 aliphatic heterocycles. The second-order valence-corrected chi connectivity index (χ2v) is 4.10. The van der Waals surface area contributed by atoms with Gasteiger partial charge in [-0.3, -0.25) is 4.79 Å². The lowest BCUT2D eigenvalue weighted by molar-refractivity contribution is -0.173. The molecule has 2 rings (SSSR count). The largest absolute Gasteiger partial charge is 0.451 e. The summed E-state index contributed by atoms with van der Waals surface area (Å²) in [5, 5.41) is 2.67. The first-order chi connectivity index (χ1) is 7.98. The Morgan fingerprint density at radius 2 is 1.88 bits per heavy atom. The van der Waals surface area contributed by atoms with E-state index in [0.29, 0.717) is 13.0 Å². The molecule has 1 aromatic carbocycles. The Kier molecular flexibility index (Phi) is 3.19. The van der Waals surface area contributed by atoms with Crippen molar-refractivity contribution in [3.63, 3.8) is 0 Å². The summed E-state index contributed by atoms with van der Waals surface area (Å²) in [5.74, 6) is -1.68. The molecule has 0 bridgehead atoms. The maximum absolute atomic E-state index is 12.3. The third-order valence-corrected chi connectivity index (χ3v) is 2.96. The summed E-state index contributed by atoms with van der Waals surface area (Å²) in [5.41, 5.74) is 1.97. The molecule has 1 atom stereocenters.